The Morgan fingerprint density at radius 3 is 2.93 bits per heavy atom. The van der Waals surface area contributed by atoms with Gasteiger partial charge in [-0.2, -0.15) is 0 Å². The van der Waals surface area contributed by atoms with Crippen LogP contribution in [0.1, 0.15) is 12.5 Å². The molecule has 1 aliphatic rings. The summed E-state index contributed by atoms with van der Waals surface area (Å²) in [7, 11) is 0. The van der Waals surface area contributed by atoms with Gasteiger partial charge in [-0.1, -0.05) is 13.0 Å². The van der Waals surface area contributed by atoms with E-state index in [1.807, 2.05) is 18.5 Å². The molecule has 0 atom stereocenters. The highest BCUT2D eigenvalue weighted by Gasteiger charge is 2.22. The Hall–Kier alpha value is -0.930. The van der Waals surface area contributed by atoms with Crippen molar-refractivity contribution in [3.05, 3.63) is 30.1 Å². The van der Waals surface area contributed by atoms with Crippen molar-refractivity contribution in [3.8, 4) is 0 Å². The summed E-state index contributed by atoms with van der Waals surface area (Å²) in [6.45, 7) is 6.84. The van der Waals surface area contributed by atoms with Crippen molar-refractivity contribution in [2.24, 2.45) is 0 Å². The molecule has 0 spiro atoms. The summed E-state index contributed by atoms with van der Waals surface area (Å²) in [6, 6.07) is 4.92. The lowest BCUT2D eigenvalue weighted by molar-refractivity contribution is 0.154. The van der Waals surface area contributed by atoms with E-state index in [0.717, 1.165) is 38.6 Å². The van der Waals surface area contributed by atoms with Crippen LogP contribution in [-0.2, 0) is 6.42 Å². The molecular formula is C12H19N3. The Morgan fingerprint density at radius 2 is 2.40 bits per heavy atom. The summed E-state index contributed by atoms with van der Waals surface area (Å²) in [5.41, 5.74) is 1.34. The van der Waals surface area contributed by atoms with Crippen molar-refractivity contribution in [3.63, 3.8) is 0 Å². The van der Waals surface area contributed by atoms with E-state index in [1.54, 1.807) is 0 Å². The average molecular weight is 205 g/mol. The molecule has 2 heterocycles. The minimum Gasteiger partial charge on any atom is -0.314 e. The molecule has 1 aromatic heterocycles. The van der Waals surface area contributed by atoms with Gasteiger partial charge in [0.05, 0.1) is 0 Å². The zero-order valence-electron chi connectivity index (χ0n) is 9.32. The van der Waals surface area contributed by atoms with E-state index in [2.05, 4.69) is 28.2 Å². The van der Waals surface area contributed by atoms with Crippen molar-refractivity contribution in [1.29, 1.82) is 0 Å². The zero-order valence-corrected chi connectivity index (χ0v) is 9.32. The van der Waals surface area contributed by atoms with Gasteiger partial charge in [0.1, 0.15) is 0 Å². The van der Waals surface area contributed by atoms with Crippen molar-refractivity contribution < 1.29 is 0 Å². The second kappa shape index (κ2) is 5.24. The third-order valence-corrected chi connectivity index (χ3v) is 3.09. The third kappa shape index (κ3) is 2.76. The molecule has 3 heteroatoms. The molecule has 3 nitrogen and oxygen atoms in total. The fourth-order valence-electron chi connectivity index (χ4n) is 1.95. The second-order valence-electron chi connectivity index (χ2n) is 4.05. The van der Waals surface area contributed by atoms with Crippen LogP contribution >= 0.6 is 0 Å². The van der Waals surface area contributed by atoms with Gasteiger partial charge in [-0.05, 0) is 24.6 Å². The van der Waals surface area contributed by atoms with Crippen LogP contribution in [0.25, 0.3) is 0 Å². The summed E-state index contributed by atoms with van der Waals surface area (Å²) >= 11 is 0. The molecule has 1 aliphatic heterocycles. The molecule has 1 aromatic rings. The standard InChI is InChI=1S/C12H19N3/c1-2-15(12-9-14-10-12)7-5-11-4-3-6-13-8-11/h3-4,6,8,12,14H,2,5,7,9-10H2,1H3. The Balaban J connectivity index is 1.80. The molecule has 1 saturated heterocycles. The largest absolute Gasteiger partial charge is 0.314 e. The highest BCUT2D eigenvalue weighted by Crippen LogP contribution is 2.06. The number of hydrogen-bond acceptors (Lipinski definition) is 3. The van der Waals surface area contributed by atoms with Crippen molar-refractivity contribution in [2.75, 3.05) is 26.2 Å². The SMILES string of the molecule is CCN(CCc1cccnc1)C1CNC1. The summed E-state index contributed by atoms with van der Waals surface area (Å²) in [4.78, 5) is 6.68. The monoisotopic (exact) mass is 205 g/mol. The molecule has 1 fully saturated rings. The number of rotatable bonds is 5. The van der Waals surface area contributed by atoms with Gasteiger partial charge in [-0.15, -0.1) is 0 Å². The number of nitrogens with one attached hydrogen (secondary N) is 1. The maximum atomic E-state index is 4.14. The number of hydrogen-bond donors (Lipinski definition) is 1. The molecule has 82 valence electrons. The highest BCUT2D eigenvalue weighted by molar-refractivity contribution is 5.08. The Bertz CT molecular complexity index is 282. The molecule has 0 radical (unpaired) electrons. The first-order valence-electron chi connectivity index (χ1n) is 5.74. The predicted octanol–water partition coefficient (Wildman–Crippen LogP) is 0.918. The summed E-state index contributed by atoms with van der Waals surface area (Å²) in [5.74, 6) is 0. The molecule has 2 rings (SSSR count). The van der Waals surface area contributed by atoms with Crippen molar-refractivity contribution >= 4 is 0 Å². The molecule has 0 unspecified atom stereocenters. The first kappa shape index (κ1) is 10.6. The fourth-order valence-corrected chi connectivity index (χ4v) is 1.95. The van der Waals surface area contributed by atoms with E-state index in [4.69, 9.17) is 0 Å². The lowest BCUT2D eigenvalue weighted by Gasteiger charge is -2.37. The lowest BCUT2D eigenvalue weighted by Crippen LogP contribution is -2.57. The van der Waals surface area contributed by atoms with Crippen LogP contribution in [0.15, 0.2) is 24.5 Å². The smallest absolute Gasteiger partial charge is 0.0345 e. The topological polar surface area (TPSA) is 28.2 Å². The van der Waals surface area contributed by atoms with Crippen LogP contribution in [0.3, 0.4) is 0 Å². The molecule has 0 amide bonds. The Kier molecular flexibility index (Phi) is 3.69. The summed E-state index contributed by atoms with van der Waals surface area (Å²) < 4.78 is 0. The van der Waals surface area contributed by atoms with Gasteiger partial charge in [0, 0.05) is 38.1 Å². The van der Waals surface area contributed by atoms with Gasteiger partial charge in [0.15, 0.2) is 0 Å². The number of likely N-dealkylation sites (N-methyl/N-ethyl adjacent to an activating group) is 1. The van der Waals surface area contributed by atoms with Crippen LogP contribution < -0.4 is 5.32 Å². The van der Waals surface area contributed by atoms with E-state index in [9.17, 15) is 0 Å². The van der Waals surface area contributed by atoms with Crippen LogP contribution in [0.2, 0.25) is 0 Å². The molecule has 0 bridgehead atoms. The van der Waals surface area contributed by atoms with Crippen LogP contribution in [0.4, 0.5) is 0 Å². The summed E-state index contributed by atoms with van der Waals surface area (Å²) in [6.07, 6.45) is 4.90. The van der Waals surface area contributed by atoms with Gasteiger partial charge >= 0.3 is 0 Å². The minimum atomic E-state index is 0.756. The Labute approximate surface area is 91.5 Å². The lowest BCUT2D eigenvalue weighted by atomic mass is 10.1. The van der Waals surface area contributed by atoms with Crippen LogP contribution in [0, 0.1) is 0 Å². The normalized spacial score (nSPS) is 16.7. The molecule has 1 N–H and O–H groups in total. The Morgan fingerprint density at radius 1 is 1.53 bits per heavy atom. The molecule has 0 aromatic carbocycles. The van der Waals surface area contributed by atoms with E-state index in [-0.39, 0.29) is 0 Å². The van der Waals surface area contributed by atoms with E-state index >= 15 is 0 Å². The summed E-state index contributed by atoms with van der Waals surface area (Å²) in [5, 5.41) is 3.32. The van der Waals surface area contributed by atoms with Crippen LogP contribution in [0.5, 0.6) is 0 Å². The van der Waals surface area contributed by atoms with E-state index in [1.165, 1.54) is 5.56 Å². The maximum Gasteiger partial charge on any atom is 0.0345 e. The van der Waals surface area contributed by atoms with E-state index in [0.29, 0.717) is 0 Å². The van der Waals surface area contributed by atoms with Gasteiger partial charge < -0.3 is 5.32 Å². The van der Waals surface area contributed by atoms with E-state index < -0.39 is 0 Å². The first-order valence-corrected chi connectivity index (χ1v) is 5.74. The van der Waals surface area contributed by atoms with Crippen molar-refractivity contribution in [2.45, 2.75) is 19.4 Å². The highest BCUT2D eigenvalue weighted by atomic mass is 15.2. The first-order chi connectivity index (χ1) is 7.40. The second-order valence-corrected chi connectivity index (χ2v) is 4.05. The maximum absolute atomic E-state index is 4.14. The molecule has 0 aliphatic carbocycles. The molecule has 15 heavy (non-hydrogen) atoms. The third-order valence-electron chi connectivity index (χ3n) is 3.09. The van der Waals surface area contributed by atoms with Crippen LogP contribution in [-0.4, -0.2) is 42.1 Å². The number of aromatic nitrogens is 1. The van der Waals surface area contributed by atoms with Crippen molar-refractivity contribution in [1.82, 2.24) is 15.2 Å². The number of pyridine rings is 1. The van der Waals surface area contributed by atoms with Gasteiger partial charge in [-0.25, -0.2) is 0 Å². The molecule has 0 saturated carbocycles. The predicted molar refractivity (Wildman–Crippen MR) is 61.8 cm³/mol. The van der Waals surface area contributed by atoms with Gasteiger partial charge in [-0.3, -0.25) is 9.88 Å². The quantitative estimate of drug-likeness (QED) is 0.774. The van der Waals surface area contributed by atoms with Gasteiger partial charge in [0.25, 0.3) is 0 Å². The minimum absolute atomic E-state index is 0.756. The molecular weight excluding hydrogens is 186 g/mol. The number of nitrogens with zero attached hydrogens (tertiary/aromatic N) is 2. The fraction of sp³-hybridized carbons (Fsp3) is 0.583. The van der Waals surface area contributed by atoms with Gasteiger partial charge in [0.2, 0.25) is 0 Å². The zero-order chi connectivity index (χ0) is 10.5. The average Bonchev–Trinajstić information content (AvgIpc) is 2.23.